The second-order valence-corrected chi connectivity index (χ2v) is 5.58. The van der Waals surface area contributed by atoms with Crippen LogP contribution >= 0.6 is 0 Å². The first-order chi connectivity index (χ1) is 13.0. The highest BCUT2D eigenvalue weighted by atomic mass is 16.6. The van der Waals surface area contributed by atoms with Crippen LogP contribution in [0.25, 0.3) is 0 Å². The van der Waals surface area contributed by atoms with Crippen molar-refractivity contribution in [1.82, 2.24) is 0 Å². The zero-order valence-electron chi connectivity index (χ0n) is 15.0. The number of carbonyl (C=O) groups is 2. The van der Waals surface area contributed by atoms with E-state index in [1.165, 1.54) is 25.3 Å². The van der Waals surface area contributed by atoms with Gasteiger partial charge in [0.05, 0.1) is 17.1 Å². The first-order valence-corrected chi connectivity index (χ1v) is 8.30. The Morgan fingerprint density at radius 1 is 1.15 bits per heavy atom. The monoisotopic (exact) mass is 372 g/mol. The van der Waals surface area contributed by atoms with Gasteiger partial charge in [0.25, 0.3) is 11.6 Å². The van der Waals surface area contributed by atoms with E-state index >= 15 is 0 Å². The highest BCUT2D eigenvalue weighted by molar-refractivity contribution is 6.05. The Morgan fingerprint density at radius 2 is 1.85 bits per heavy atom. The Balaban J connectivity index is 2.31. The van der Waals surface area contributed by atoms with Gasteiger partial charge in [-0.15, -0.1) is 0 Å². The normalized spacial score (nSPS) is 11.5. The number of benzene rings is 2. The molecule has 0 fully saturated rings. The van der Waals surface area contributed by atoms with E-state index in [1.807, 2.05) is 30.3 Å². The molecule has 0 saturated heterocycles. The smallest absolute Gasteiger partial charge is 0.340 e. The van der Waals surface area contributed by atoms with Crippen molar-refractivity contribution in [3.05, 3.63) is 69.8 Å². The summed E-state index contributed by atoms with van der Waals surface area (Å²) in [5, 5.41) is 13.8. The summed E-state index contributed by atoms with van der Waals surface area (Å²) < 4.78 is 10.2. The Kier molecular flexibility index (Phi) is 7.01. The number of hydrogen-bond donors (Lipinski definition) is 1. The summed E-state index contributed by atoms with van der Waals surface area (Å²) >= 11 is 0. The molecule has 0 bridgehead atoms. The average Bonchev–Trinajstić information content (AvgIpc) is 2.66. The third kappa shape index (κ3) is 5.11. The van der Waals surface area contributed by atoms with Crippen molar-refractivity contribution < 1.29 is 24.0 Å². The van der Waals surface area contributed by atoms with Gasteiger partial charge in [0, 0.05) is 19.6 Å². The second-order valence-electron chi connectivity index (χ2n) is 5.58. The number of methoxy groups -OCH3 is 1. The molecule has 1 atom stereocenters. The van der Waals surface area contributed by atoms with E-state index in [-0.39, 0.29) is 24.3 Å². The average molecular weight is 372 g/mol. The van der Waals surface area contributed by atoms with Gasteiger partial charge in [-0.05, 0) is 18.6 Å². The van der Waals surface area contributed by atoms with E-state index in [0.717, 1.165) is 5.56 Å². The van der Waals surface area contributed by atoms with Crippen LogP contribution in [0, 0.1) is 10.1 Å². The third-order valence-corrected chi connectivity index (χ3v) is 3.82. The molecule has 2 aromatic rings. The lowest BCUT2D eigenvalue weighted by Crippen LogP contribution is -2.32. The van der Waals surface area contributed by atoms with Crippen molar-refractivity contribution in [2.75, 3.05) is 19.0 Å². The third-order valence-electron chi connectivity index (χ3n) is 3.82. The highest BCUT2D eigenvalue weighted by Crippen LogP contribution is 2.29. The van der Waals surface area contributed by atoms with Gasteiger partial charge < -0.3 is 14.8 Å². The van der Waals surface area contributed by atoms with E-state index in [4.69, 9.17) is 9.47 Å². The summed E-state index contributed by atoms with van der Waals surface area (Å²) in [5.41, 5.74) is 0.172. The fourth-order valence-electron chi connectivity index (χ4n) is 2.52. The molecule has 0 aromatic heterocycles. The zero-order chi connectivity index (χ0) is 19.8. The number of esters is 1. The van der Waals surface area contributed by atoms with Crippen molar-refractivity contribution in [2.45, 2.75) is 19.4 Å². The number of para-hydroxylation sites is 1. The molecule has 8 heteroatoms. The molecule has 0 radical (unpaired) electrons. The number of anilines is 1. The number of nitro benzene ring substituents is 1. The minimum atomic E-state index is -0.887. The summed E-state index contributed by atoms with van der Waals surface area (Å²) in [6.45, 7) is 1.72. The van der Waals surface area contributed by atoms with Crippen molar-refractivity contribution in [3.63, 3.8) is 0 Å². The van der Waals surface area contributed by atoms with E-state index in [2.05, 4.69) is 5.32 Å². The van der Waals surface area contributed by atoms with Gasteiger partial charge in [-0.2, -0.15) is 0 Å². The zero-order valence-corrected chi connectivity index (χ0v) is 15.0. The first-order valence-electron chi connectivity index (χ1n) is 8.30. The van der Waals surface area contributed by atoms with Crippen molar-refractivity contribution in [3.8, 4) is 0 Å². The minimum Gasteiger partial charge on any atom is -0.462 e. The van der Waals surface area contributed by atoms with Gasteiger partial charge >= 0.3 is 5.97 Å². The van der Waals surface area contributed by atoms with Crippen LogP contribution in [0.2, 0.25) is 0 Å². The van der Waals surface area contributed by atoms with Crippen LogP contribution < -0.4 is 5.32 Å². The largest absolute Gasteiger partial charge is 0.462 e. The van der Waals surface area contributed by atoms with Gasteiger partial charge in [-0.3, -0.25) is 14.9 Å². The minimum absolute atomic E-state index is 0.0889. The predicted octanol–water partition coefficient (Wildman–Crippen LogP) is 2.97. The van der Waals surface area contributed by atoms with E-state index in [0.29, 0.717) is 0 Å². The van der Waals surface area contributed by atoms with Gasteiger partial charge in [-0.1, -0.05) is 36.4 Å². The standard InChI is InChI=1S/C19H20N2O6/c1-3-27-19(23)14-10-7-11-15(21(24)25)17(14)20-18(22)16(26-2)12-13-8-5-4-6-9-13/h4-11,16H,3,12H2,1-2H3,(H,20,22). The van der Waals surface area contributed by atoms with Crippen LogP contribution in [0.5, 0.6) is 0 Å². The molecular weight excluding hydrogens is 352 g/mol. The molecular formula is C19H20N2O6. The molecule has 0 spiro atoms. The van der Waals surface area contributed by atoms with E-state index in [1.54, 1.807) is 6.92 Å². The fraction of sp³-hybridized carbons (Fsp3) is 0.263. The topological polar surface area (TPSA) is 108 Å². The van der Waals surface area contributed by atoms with Crippen LogP contribution in [-0.2, 0) is 20.7 Å². The Labute approximate surface area is 156 Å². The van der Waals surface area contributed by atoms with Gasteiger partial charge in [0.1, 0.15) is 11.8 Å². The summed E-state index contributed by atoms with van der Waals surface area (Å²) in [6.07, 6.45) is -0.610. The quantitative estimate of drug-likeness (QED) is 0.434. The number of carbonyl (C=O) groups excluding carboxylic acids is 2. The molecule has 2 aromatic carbocycles. The van der Waals surface area contributed by atoms with Crippen molar-refractivity contribution in [1.29, 1.82) is 0 Å². The Hall–Kier alpha value is -3.26. The Morgan fingerprint density at radius 3 is 2.44 bits per heavy atom. The molecule has 0 aliphatic rings. The molecule has 27 heavy (non-hydrogen) atoms. The molecule has 1 amide bonds. The SMILES string of the molecule is CCOC(=O)c1cccc([N+](=O)[O-])c1NC(=O)C(Cc1ccccc1)OC. The molecule has 1 N–H and O–H groups in total. The maximum absolute atomic E-state index is 12.6. The summed E-state index contributed by atoms with van der Waals surface area (Å²) in [4.78, 5) is 35.4. The molecule has 0 saturated carbocycles. The molecule has 2 rings (SSSR count). The fourth-order valence-corrected chi connectivity index (χ4v) is 2.52. The number of nitrogens with one attached hydrogen (secondary N) is 1. The Bertz CT molecular complexity index is 822. The lowest BCUT2D eigenvalue weighted by atomic mass is 10.1. The van der Waals surface area contributed by atoms with Crippen molar-refractivity contribution in [2.24, 2.45) is 0 Å². The maximum Gasteiger partial charge on any atom is 0.340 e. The van der Waals surface area contributed by atoms with Crippen LogP contribution in [-0.4, -0.2) is 36.6 Å². The molecule has 142 valence electrons. The summed E-state index contributed by atoms with van der Waals surface area (Å²) in [7, 11) is 1.37. The number of ether oxygens (including phenoxy) is 2. The molecule has 0 aliphatic carbocycles. The lowest BCUT2D eigenvalue weighted by molar-refractivity contribution is -0.384. The molecule has 0 aliphatic heterocycles. The predicted molar refractivity (Wildman–Crippen MR) is 98.6 cm³/mol. The lowest BCUT2D eigenvalue weighted by Gasteiger charge is -2.17. The van der Waals surface area contributed by atoms with Crippen LogP contribution in [0.3, 0.4) is 0 Å². The van der Waals surface area contributed by atoms with Crippen LogP contribution in [0.1, 0.15) is 22.8 Å². The number of nitro groups is 1. The number of amides is 1. The van der Waals surface area contributed by atoms with E-state index < -0.39 is 28.6 Å². The van der Waals surface area contributed by atoms with Crippen LogP contribution in [0.4, 0.5) is 11.4 Å². The summed E-state index contributed by atoms with van der Waals surface area (Å²) in [5.74, 6) is -1.35. The molecule has 8 nitrogen and oxygen atoms in total. The number of hydrogen-bond acceptors (Lipinski definition) is 6. The first kappa shape index (κ1) is 20.1. The van der Waals surface area contributed by atoms with E-state index in [9.17, 15) is 19.7 Å². The van der Waals surface area contributed by atoms with Gasteiger partial charge in [-0.25, -0.2) is 4.79 Å². The van der Waals surface area contributed by atoms with Crippen molar-refractivity contribution >= 4 is 23.3 Å². The molecule has 0 heterocycles. The number of nitrogens with zero attached hydrogens (tertiary/aromatic N) is 1. The van der Waals surface area contributed by atoms with Gasteiger partial charge in [0.15, 0.2) is 0 Å². The number of rotatable bonds is 8. The van der Waals surface area contributed by atoms with Gasteiger partial charge in [0.2, 0.25) is 0 Å². The summed E-state index contributed by atoms with van der Waals surface area (Å²) in [6, 6.07) is 13.1. The molecule has 1 unspecified atom stereocenters. The highest BCUT2D eigenvalue weighted by Gasteiger charge is 2.27. The maximum atomic E-state index is 12.6. The second kappa shape index (κ2) is 9.44. The van der Waals surface area contributed by atoms with Crippen LogP contribution in [0.15, 0.2) is 48.5 Å².